The molecule has 0 aliphatic carbocycles. The molecule has 1 fully saturated rings. The molecule has 0 saturated carbocycles. The summed E-state index contributed by atoms with van der Waals surface area (Å²) in [5, 5.41) is 0. The first-order chi connectivity index (χ1) is 12.2. The van der Waals surface area contributed by atoms with Crippen LogP contribution in [0.25, 0.3) is 6.08 Å². The summed E-state index contributed by atoms with van der Waals surface area (Å²) in [7, 11) is 1.60. The minimum atomic E-state index is -0.146. The van der Waals surface area contributed by atoms with Crippen LogP contribution in [-0.4, -0.2) is 25.8 Å². The number of carbonyl (C=O) groups is 1. The van der Waals surface area contributed by atoms with Crippen LogP contribution in [0.1, 0.15) is 35.2 Å². The number of ketones is 1. The molecule has 1 unspecified atom stereocenters. The second-order valence-corrected chi connectivity index (χ2v) is 5.91. The number of hydrogen-bond donors (Lipinski definition) is 0. The average molecular weight is 338 g/mol. The number of hydrogen-bond acceptors (Lipinski definition) is 4. The summed E-state index contributed by atoms with van der Waals surface area (Å²) in [5.41, 5.74) is 1.57. The van der Waals surface area contributed by atoms with Crippen molar-refractivity contribution in [3.63, 3.8) is 0 Å². The Labute approximate surface area is 148 Å². The maximum Gasteiger partial charge on any atom is 0.199 e. The van der Waals surface area contributed by atoms with Gasteiger partial charge < -0.3 is 14.2 Å². The van der Waals surface area contributed by atoms with E-state index in [2.05, 4.69) is 0 Å². The number of methoxy groups -OCH3 is 1. The largest absolute Gasteiger partial charge is 0.497 e. The Morgan fingerprint density at radius 1 is 1.04 bits per heavy atom. The molecule has 25 heavy (non-hydrogen) atoms. The zero-order chi connectivity index (χ0) is 17.5. The lowest BCUT2D eigenvalue weighted by molar-refractivity contribution is -0.105. The minimum absolute atomic E-state index is 0.0430. The van der Waals surface area contributed by atoms with Crippen molar-refractivity contribution in [3.05, 3.63) is 65.7 Å². The van der Waals surface area contributed by atoms with Crippen LogP contribution in [0.5, 0.6) is 11.5 Å². The average Bonchev–Trinajstić information content (AvgIpc) is 2.68. The lowest BCUT2D eigenvalue weighted by Gasteiger charge is -2.23. The van der Waals surface area contributed by atoms with Crippen molar-refractivity contribution in [1.29, 1.82) is 0 Å². The molecule has 0 amide bonds. The third-order valence-electron chi connectivity index (χ3n) is 4.09. The lowest BCUT2D eigenvalue weighted by atomic mass is 10.1. The Morgan fingerprint density at radius 2 is 1.76 bits per heavy atom. The van der Waals surface area contributed by atoms with E-state index >= 15 is 0 Å². The highest BCUT2D eigenvalue weighted by Crippen LogP contribution is 2.20. The van der Waals surface area contributed by atoms with Crippen molar-refractivity contribution in [2.75, 3.05) is 13.7 Å². The summed E-state index contributed by atoms with van der Waals surface area (Å²) < 4.78 is 16.5. The van der Waals surface area contributed by atoms with Crippen molar-refractivity contribution in [3.8, 4) is 11.5 Å². The van der Waals surface area contributed by atoms with Crippen LogP contribution >= 0.6 is 0 Å². The number of carbonyl (C=O) groups excluding carboxylic acids is 1. The summed E-state index contributed by atoms with van der Waals surface area (Å²) in [5.74, 6) is 1.47. The van der Waals surface area contributed by atoms with Crippen LogP contribution in [0.3, 0.4) is 0 Å². The van der Waals surface area contributed by atoms with E-state index in [1.54, 1.807) is 43.5 Å². The molecule has 3 rings (SSSR count). The molecule has 1 aliphatic rings. The zero-order valence-corrected chi connectivity index (χ0v) is 14.3. The van der Waals surface area contributed by atoms with Crippen LogP contribution < -0.4 is 9.47 Å². The molecule has 4 heteroatoms. The minimum Gasteiger partial charge on any atom is -0.497 e. The maximum atomic E-state index is 12.2. The normalized spacial score (nSPS) is 17.4. The monoisotopic (exact) mass is 338 g/mol. The van der Waals surface area contributed by atoms with E-state index in [0.29, 0.717) is 5.56 Å². The molecule has 2 aromatic rings. The molecule has 0 bridgehead atoms. The van der Waals surface area contributed by atoms with Gasteiger partial charge in [0, 0.05) is 12.0 Å². The number of allylic oxidation sites excluding steroid dienone is 1. The van der Waals surface area contributed by atoms with E-state index in [0.717, 1.165) is 42.9 Å². The molecule has 1 atom stereocenters. The number of rotatable bonds is 6. The summed E-state index contributed by atoms with van der Waals surface area (Å²) in [4.78, 5) is 12.2. The smallest absolute Gasteiger partial charge is 0.199 e. The van der Waals surface area contributed by atoms with Crippen LogP contribution in [-0.2, 0) is 4.74 Å². The van der Waals surface area contributed by atoms with E-state index in [-0.39, 0.29) is 12.1 Å². The number of ether oxygens (including phenoxy) is 3. The van der Waals surface area contributed by atoms with Crippen molar-refractivity contribution < 1.29 is 19.0 Å². The third-order valence-corrected chi connectivity index (χ3v) is 4.09. The van der Waals surface area contributed by atoms with Gasteiger partial charge in [-0.3, -0.25) is 4.79 Å². The zero-order valence-electron chi connectivity index (χ0n) is 14.3. The van der Waals surface area contributed by atoms with Crippen LogP contribution in [0.15, 0.2) is 54.6 Å². The summed E-state index contributed by atoms with van der Waals surface area (Å²) in [6, 6.07) is 14.7. The molecule has 130 valence electrons. The van der Waals surface area contributed by atoms with Gasteiger partial charge in [0.2, 0.25) is 0 Å². The highest BCUT2D eigenvalue weighted by atomic mass is 16.7. The van der Waals surface area contributed by atoms with Crippen LogP contribution in [0.4, 0.5) is 0 Å². The first-order valence-corrected chi connectivity index (χ1v) is 8.49. The van der Waals surface area contributed by atoms with Crippen molar-refractivity contribution in [2.45, 2.75) is 25.6 Å². The standard InChI is InChI=1S/C21H22O4/c1-23-18-12-8-17(9-13-18)20(22)14-7-16-5-10-19(11-6-16)25-21-4-2-3-15-24-21/h5-14,21H,2-4,15H2,1H3. The van der Waals surface area contributed by atoms with Gasteiger partial charge in [-0.1, -0.05) is 18.2 Å². The highest BCUT2D eigenvalue weighted by molar-refractivity contribution is 6.06. The quantitative estimate of drug-likeness (QED) is 0.575. The van der Waals surface area contributed by atoms with E-state index in [4.69, 9.17) is 14.2 Å². The molecule has 1 heterocycles. The Hall–Kier alpha value is -2.59. The predicted molar refractivity (Wildman–Crippen MR) is 97.0 cm³/mol. The van der Waals surface area contributed by atoms with Crippen LogP contribution in [0.2, 0.25) is 0 Å². The predicted octanol–water partition coefficient (Wildman–Crippen LogP) is 4.50. The molecule has 2 aromatic carbocycles. The fraction of sp³-hybridized carbons (Fsp3) is 0.286. The number of benzene rings is 2. The summed E-state index contributed by atoms with van der Waals surface area (Å²) >= 11 is 0. The summed E-state index contributed by atoms with van der Waals surface area (Å²) in [6.45, 7) is 0.763. The maximum absolute atomic E-state index is 12.2. The molecule has 1 aliphatic heterocycles. The molecular weight excluding hydrogens is 316 g/mol. The SMILES string of the molecule is COc1ccc(C(=O)C=Cc2ccc(OC3CCCCO3)cc2)cc1. The molecule has 0 N–H and O–H groups in total. The van der Waals surface area contributed by atoms with E-state index in [1.165, 1.54) is 0 Å². The Balaban J connectivity index is 1.58. The van der Waals surface area contributed by atoms with Gasteiger partial charge in [-0.05, 0) is 60.9 Å². The topological polar surface area (TPSA) is 44.8 Å². The van der Waals surface area contributed by atoms with Gasteiger partial charge in [-0.15, -0.1) is 0 Å². The lowest BCUT2D eigenvalue weighted by Crippen LogP contribution is -2.24. The highest BCUT2D eigenvalue weighted by Gasteiger charge is 2.14. The second kappa shape index (κ2) is 8.49. The first kappa shape index (κ1) is 17.2. The van der Waals surface area contributed by atoms with E-state index < -0.39 is 0 Å². The van der Waals surface area contributed by atoms with Gasteiger partial charge in [-0.2, -0.15) is 0 Å². The van der Waals surface area contributed by atoms with Crippen molar-refractivity contribution >= 4 is 11.9 Å². The van der Waals surface area contributed by atoms with Crippen molar-refractivity contribution in [2.24, 2.45) is 0 Å². The van der Waals surface area contributed by atoms with E-state index in [9.17, 15) is 4.79 Å². The van der Waals surface area contributed by atoms with Gasteiger partial charge >= 0.3 is 0 Å². The van der Waals surface area contributed by atoms with Gasteiger partial charge in [0.1, 0.15) is 11.5 Å². The molecule has 0 aromatic heterocycles. The van der Waals surface area contributed by atoms with Gasteiger partial charge in [0.15, 0.2) is 12.1 Å². The fourth-order valence-corrected chi connectivity index (χ4v) is 2.64. The van der Waals surface area contributed by atoms with Crippen molar-refractivity contribution in [1.82, 2.24) is 0 Å². The Morgan fingerprint density at radius 3 is 2.40 bits per heavy atom. The summed E-state index contributed by atoms with van der Waals surface area (Å²) in [6.07, 6.45) is 6.39. The van der Waals surface area contributed by atoms with E-state index in [1.807, 2.05) is 24.3 Å². The van der Waals surface area contributed by atoms with Gasteiger partial charge in [0.25, 0.3) is 0 Å². The fourth-order valence-electron chi connectivity index (χ4n) is 2.64. The Kier molecular flexibility index (Phi) is 5.86. The third kappa shape index (κ3) is 4.94. The van der Waals surface area contributed by atoms with Crippen LogP contribution in [0, 0.1) is 0 Å². The molecule has 0 spiro atoms. The molecule has 4 nitrogen and oxygen atoms in total. The second-order valence-electron chi connectivity index (χ2n) is 5.91. The molecular formula is C21H22O4. The molecule has 0 radical (unpaired) electrons. The molecule has 1 saturated heterocycles. The Bertz CT molecular complexity index is 711. The first-order valence-electron chi connectivity index (χ1n) is 8.49. The van der Waals surface area contributed by atoms with Gasteiger partial charge in [-0.25, -0.2) is 0 Å². The van der Waals surface area contributed by atoms with Gasteiger partial charge in [0.05, 0.1) is 13.7 Å².